The third kappa shape index (κ3) is 3.90. The number of ether oxygens (including phenoxy) is 1. The van der Waals surface area contributed by atoms with Crippen LogP contribution in [0.3, 0.4) is 0 Å². The molecule has 23 heavy (non-hydrogen) atoms. The first-order valence-electron chi connectivity index (χ1n) is 7.40. The van der Waals surface area contributed by atoms with Crippen molar-refractivity contribution >= 4 is 17.5 Å². The van der Waals surface area contributed by atoms with Crippen molar-refractivity contribution in [3.63, 3.8) is 0 Å². The molecule has 0 unspecified atom stereocenters. The number of hydrogen-bond donors (Lipinski definition) is 1. The Bertz CT molecular complexity index is 645. The van der Waals surface area contributed by atoms with Gasteiger partial charge in [-0.15, -0.1) is 0 Å². The molecule has 122 valence electrons. The summed E-state index contributed by atoms with van der Waals surface area (Å²) in [4.78, 5) is 14.5. The molecular formula is C16H18ClN3O3. The fraction of sp³-hybridized carbons (Fsp3) is 0.375. The fourth-order valence-corrected chi connectivity index (χ4v) is 2.74. The maximum Gasteiger partial charge on any atom is 0.274 e. The van der Waals surface area contributed by atoms with Gasteiger partial charge in [0.15, 0.2) is 5.69 Å². The number of benzene rings is 1. The van der Waals surface area contributed by atoms with E-state index in [0.29, 0.717) is 11.6 Å². The van der Waals surface area contributed by atoms with E-state index in [2.05, 4.69) is 15.4 Å². The van der Waals surface area contributed by atoms with Crippen LogP contribution in [0.2, 0.25) is 5.02 Å². The van der Waals surface area contributed by atoms with Crippen LogP contribution in [0.25, 0.3) is 0 Å². The lowest BCUT2D eigenvalue weighted by Crippen LogP contribution is -2.48. The largest absolute Gasteiger partial charge is 0.373 e. The summed E-state index contributed by atoms with van der Waals surface area (Å²) in [6.45, 7) is 2.23. The molecule has 2 atom stereocenters. The lowest BCUT2D eigenvalue weighted by molar-refractivity contribution is -0.0381. The minimum atomic E-state index is -0.296. The van der Waals surface area contributed by atoms with Crippen LogP contribution in [0.5, 0.6) is 0 Å². The van der Waals surface area contributed by atoms with E-state index in [1.165, 1.54) is 12.3 Å². The molecule has 1 saturated heterocycles. The molecule has 1 aliphatic rings. The van der Waals surface area contributed by atoms with Gasteiger partial charge in [-0.2, -0.15) is 0 Å². The summed E-state index contributed by atoms with van der Waals surface area (Å²) in [5.74, 6) is -0.296. The molecule has 6 nitrogen and oxygen atoms in total. The summed E-state index contributed by atoms with van der Waals surface area (Å²) in [6.07, 6.45) is 1.22. The molecule has 0 bridgehead atoms. The van der Waals surface area contributed by atoms with Crippen molar-refractivity contribution in [3.8, 4) is 0 Å². The minimum absolute atomic E-state index is 0.147. The Morgan fingerprint density at radius 1 is 1.39 bits per heavy atom. The van der Waals surface area contributed by atoms with Crippen molar-refractivity contribution in [1.29, 1.82) is 0 Å². The molecule has 1 N–H and O–H groups in total. The quantitative estimate of drug-likeness (QED) is 0.927. The van der Waals surface area contributed by atoms with E-state index in [1.807, 2.05) is 19.2 Å². The highest BCUT2D eigenvalue weighted by atomic mass is 35.5. The molecule has 2 heterocycles. The standard InChI is InChI=1S/C16H18ClN3O3/c1-20-7-9-22-14(10-20)15(11-2-4-12(17)5-3-11)18-16(21)13-6-8-23-19-13/h2-6,8,14-15H,7,9-10H2,1H3,(H,18,21)/t14-,15-/m1/s1. The number of carbonyl (C=O) groups excluding carboxylic acids is 1. The predicted octanol–water partition coefficient (Wildman–Crippen LogP) is 2.13. The smallest absolute Gasteiger partial charge is 0.274 e. The van der Waals surface area contributed by atoms with Crippen LogP contribution in [0, 0.1) is 0 Å². The molecule has 0 radical (unpaired) electrons. The number of aromatic nitrogens is 1. The number of amides is 1. The van der Waals surface area contributed by atoms with Gasteiger partial charge in [-0.05, 0) is 24.7 Å². The van der Waals surface area contributed by atoms with E-state index in [9.17, 15) is 4.79 Å². The molecule has 0 aliphatic carbocycles. The third-order valence-corrected chi connectivity index (χ3v) is 4.11. The summed E-state index contributed by atoms with van der Waals surface area (Å²) in [5, 5.41) is 7.32. The minimum Gasteiger partial charge on any atom is -0.373 e. The van der Waals surface area contributed by atoms with Crippen LogP contribution in [0.15, 0.2) is 41.1 Å². The number of hydrogen-bond acceptors (Lipinski definition) is 5. The number of likely N-dealkylation sites (N-methyl/N-ethyl adjacent to an activating group) is 1. The second-order valence-electron chi connectivity index (χ2n) is 5.56. The Balaban J connectivity index is 1.83. The van der Waals surface area contributed by atoms with Gasteiger partial charge in [-0.3, -0.25) is 4.79 Å². The third-order valence-electron chi connectivity index (χ3n) is 3.85. The van der Waals surface area contributed by atoms with Crippen molar-refractivity contribution in [2.24, 2.45) is 0 Å². The summed E-state index contributed by atoms with van der Waals surface area (Å²) < 4.78 is 10.6. The molecule has 7 heteroatoms. The fourth-order valence-electron chi connectivity index (χ4n) is 2.62. The zero-order valence-corrected chi connectivity index (χ0v) is 13.5. The Kier molecular flexibility index (Phi) is 4.95. The Hall–Kier alpha value is -1.89. The highest BCUT2D eigenvalue weighted by Gasteiger charge is 2.30. The molecule has 3 rings (SSSR count). The number of nitrogens with zero attached hydrogens (tertiary/aromatic N) is 2. The second-order valence-corrected chi connectivity index (χ2v) is 6.00. The molecule has 2 aromatic rings. The van der Waals surface area contributed by atoms with Gasteiger partial charge < -0.3 is 19.5 Å². The van der Waals surface area contributed by atoms with Crippen LogP contribution in [-0.4, -0.2) is 48.8 Å². The SMILES string of the molecule is CN1CCO[C@@H]([C@H](NC(=O)c2ccon2)c2ccc(Cl)cc2)C1. The number of morpholine rings is 1. The number of nitrogens with one attached hydrogen (secondary N) is 1. The zero-order chi connectivity index (χ0) is 16.2. The molecule has 1 aliphatic heterocycles. The topological polar surface area (TPSA) is 67.6 Å². The van der Waals surface area contributed by atoms with Gasteiger partial charge in [0.05, 0.1) is 18.8 Å². The lowest BCUT2D eigenvalue weighted by atomic mass is 9.99. The first-order chi connectivity index (χ1) is 11.1. The van der Waals surface area contributed by atoms with E-state index in [1.54, 1.807) is 12.1 Å². The van der Waals surface area contributed by atoms with Gasteiger partial charge in [0.25, 0.3) is 5.91 Å². The molecule has 1 amide bonds. The van der Waals surface area contributed by atoms with Gasteiger partial charge in [0, 0.05) is 24.2 Å². The van der Waals surface area contributed by atoms with Crippen molar-refractivity contribution < 1.29 is 14.1 Å². The Morgan fingerprint density at radius 2 is 2.17 bits per heavy atom. The first-order valence-corrected chi connectivity index (χ1v) is 7.78. The molecule has 1 aromatic heterocycles. The van der Waals surface area contributed by atoms with Gasteiger partial charge in [-0.1, -0.05) is 28.9 Å². The van der Waals surface area contributed by atoms with Crippen molar-refractivity contribution in [3.05, 3.63) is 52.9 Å². The summed E-state index contributed by atoms with van der Waals surface area (Å²) in [5.41, 5.74) is 1.18. The summed E-state index contributed by atoms with van der Waals surface area (Å²) >= 11 is 5.96. The van der Waals surface area contributed by atoms with Gasteiger partial charge in [0.1, 0.15) is 6.26 Å². The second kappa shape index (κ2) is 7.12. The van der Waals surface area contributed by atoms with Crippen LogP contribution < -0.4 is 5.32 Å². The predicted molar refractivity (Wildman–Crippen MR) is 85.4 cm³/mol. The van der Waals surface area contributed by atoms with Crippen molar-refractivity contribution in [2.75, 3.05) is 26.7 Å². The maximum atomic E-state index is 12.4. The van der Waals surface area contributed by atoms with Crippen LogP contribution in [0.1, 0.15) is 22.1 Å². The van der Waals surface area contributed by atoms with Crippen LogP contribution in [-0.2, 0) is 4.74 Å². The van der Waals surface area contributed by atoms with Crippen LogP contribution >= 0.6 is 11.6 Å². The van der Waals surface area contributed by atoms with Gasteiger partial charge >= 0.3 is 0 Å². The molecule has 0 spiro atoms. The summed E-state index contributed by atoms with van der Waals surface area (Å²) in [6, 6.07) is 8.64. The number of carbonyl (C=O) groups is 1. The molecule has 1 aromatic carbocycles. The average Bonchev–Trinajstić information content (AvgIpc) is 3.08. The highest BCUT2D eigenvalue weighted by Crippen LogP contribution is 2.24. The van der Waals surface area contributed by atoms with Crippen LogP contribution in [0.4, 0.5) is 0 Å². The number of halogens is 1. The van der Waals surface area contributed by atoms with E-state index < -0.39 is 0 Å². The Labute approximate surface area is 139 Å². The van der Waals surface area contributed by atoms with E-state index in [-0.39, 0.29) is 23.7 Å². The molecule has 0 saturated carbocycles. The molecular weight excluding hydrogens is 318 g/mol. The normalized spacial score (nSPS) is 20.2. The van der Waals surface area contributed by atoms with E-state index in [4.69, 9.17) is 20.9 Å². The number of rotatable bonds is 4. The summed E-state index contributed by atoms with van der Waals surface area (Å²) in [7, 11) is 2.04. The molecule has 1 fully saturated rings. The van der Waals surface area contributed by atoms with Gasteiger partial charge in [0.2, 0.25) is 0 Å². The highest BCUT2D eigenvalue weighted by molar-refractivity contribution is 6.30. The van der Waals surface area contributed by atoms with Crippen molar-refractivity contribution in [2.45, 2.75) is 12.1 Å². The lowest BCUT2D eigenvalue weighted by Gasteiger charge is -2.35. The maximum absolute atomic E-state index is 12.4. The first kappa shape index (κ1) is 16.0. The van der Waals surface area contributed by atoms with Crippen molar-refractivity contribution in [1.82, 2.24) is 15.4 Å². The zero-order valence-electron chi connectivity index (χ0n) is 12.7. The van der Waals surface area contributed by atoms with E-state index >= 15 is 0 Å². The average molecular weight is 336 g/mol. The van der Waals surface area contributed by atoms with Gasteiger partial charge in [-0.25, -0.2) is 0 Å². The Morgan fingerprint density at radius 3 is 2.83 bits per heavy atom. The van der Waals surface area contributed by atoms with E-state index in [0.717, 1.165) is 18.7 Å². The monoisotopic (exact) mass is 335 g/mol.